The summed E-state index contributed by atoms with van der Waals surface area (Å²) in [6.45, 7) is 9.83. The highest BCUT2D eigenvalue weighted by molar-refractivity contribution is 7.80. The Morgan fingerprint density at radius 1 is 1.33 bits per heavy atom. The fourth-order valence-electron chi connectivity index (χ4n) is 0.994. The highest BCUT2D eigenvalue weighted by Gasteiger charge is 1.99. The summed E-state index contributed by atoms with van der Waals surface area (Å²) in [4.78, 5) is 0. The number of nitrogens with one attached hydrogen (secondary N) is 2. The molecular weight excluding hydrogens is 208 g/mol. The molecule has 0 rings (SSSR count). The summed E-state index contributed by atoms with van der Waals surface area (Å²) >= 11 is 5.14. The van der Waals surface area contributed by atoms with Crippen molar-refractivity contribution in [2.24, 2.45) is 5.92 Å². The van der Waals surface area contributed by atoms with Crippen LogP contribution < -0.4 is 10.6 Å². The van der Waals surface area contributed by atoms with Crippen molar-refractivity contribution in [2.45, 2.75) is 33.6 Å². The molecule has 90 valence electrons. The molecule has 0 spiro atoms. The fraction of sp³-hybridized carbons (Fsp3) is 0.909. The minimum atomic E-state index is 0.674. The third kappa shape index (κ3) is 9.94. The van der Waals surface area contributed by atoms with Gasteiger partial charge in [-0.25, -0.2) is 0 Å². The largest absolute Gasteiger partial charge is 0.382 e. The smallest absolute Gasteiger partial charge is 0.166 e. The van der Waals surface area contributed by atoms with Crippen LogP contribution in [0.4, 0.5) is 0 Å². The third-order valence-corrected chi connectivity index (χ3v) is 2.55. The minimum absolute atomic E-state index is 0.674. The predicted octanol–water partition coefficient (Wildman–Crippen LogP) is 1.92. The highest BCUT2D eigenvalue weighted by Crippen LogP contribution is 1.96. The van der Waals surface area contributed by atoms with E-state index in [0.717, 1.165) is 37.8 Å². The Morgan fingerprint density at radius 2 is 2.07 bits per heavy atom. The topological polar surface area (TPSA) is 33.3 Å². The van der Waals surface area contributed by atoms with Crippen molar-refractivity contribution in [1.82, 2.24) is 10.6 Å². The average Bonchev–Trinajstić information content (AvgIpc) is 2.25. The van der Waals surface area contributed by atoms with Gasteiger partial charge in [-0.15, -0.1) is 0 Å². The van der Waals surface area contributed by atoms with E-state index in [2.05, 4.69) is 24.5 Å². The molecule has 0 saturated carbocycles. The molecule has 0 aliphatic rings. The van der Waals surface area contributed by atoms with Gasteiger partial charge >= 0.3 is 0 Å². The van der Waals surface area contributed by atoms with Crippen molar-refractivity contribution in [3.8, 4) is 0 Å². The quantitative estimate of drug-likeness (QED) is 0.495. The van der Waals surface area contributed by atoms with E-state index >= 15 is 0 Å². The van der Waals surface area contributed by atoms with Crippen LogP contribution in [0.1, 0.15) is 33.6 Å². The molecule has 0 aromatic rings. The first kappa shape index (κ1) is 14.6. The van der Waals surface area contributed by atoms with Gasteiger partial charge in [0.05, 0.1) is 0 Å². The first-order valence-electron chi connectivity index (χ1n) is 5.80. The van der Waals surface area contributed by atoms with E-state index < -0.39 is 0 Å². The zero-order valence-electron chi connectivity index (χ0n) is 10.1. The molecular formula is C11H24N2OS. The number of ether oxygens (including phenoxy) is 1. The van der Waals surface area contributed by atoms with E-state index in [4.69, 9.17) is 17.0 Å². The zero-order valence-corrected chi connectivity index (χ0v) is 11.0. The highest BCUT2D eigenvalue weighted by atomic mass is 32.1. The SMILES string of the molecule is CCOCCCNC(=S)NCC(C)CC. The molecule has 0 aromatic heterocycles. The van der Waals surface area contributed by atoms with Crippen LogP contribution in [0.3, 0.4) is 0 Å². The van der Waals surface area contributed by atoms with Crippen molar-refractivity contribution >= 4 is 17.3 Å². The Morgan fingerprint density at radius 3 is 2.67 bits per heavy atom. The van der Waals surface area contributed by atoms with Gasteiger partial charge in [-0.1, -0.05) is 20.3 Å². The van der Waals surface area contributed by atoms with Gasteiger partial charge in [0.25, 0.3) is 0 Å². The number of thiocarbonyl (C=S) groups is 1. The van der Waals surface area contributed by atoms with Crippen molar-refractivity contribution in [2.75, 3.05) is 26.3 Å². The molecule has 0 aliphatic heterocycles. The Labute approximate surface area is 99.0 Å². The molecule has 0 amide bonds. The van der Waals surface area contributed by atoms with Gasteiger partial charge in [0.2, 0.25) is 0 Å². The van der Waals surface area contributed by atoms with Crippen LogP contribution in [-0.4, -0.2) is 31.4 Å². The van der Waals surface area contributed by atoms with Crippen LogP contribution in [0.2, 0.25) is 0 Å². The van der Waals surface area contributed by atoms with Crippen molar-refractivity contribution < 1.29 is 4.74 Å². The Kier molecular flexibility index (Phi) is 9.94. The molecule has 0 fully saturated rings. The molecule has 0 aliphatic carbocycles. The second-order valence-electron chi connectivity index (χ2n) is 3.70. The molecule has 3 nitrogen and oxygen atoms in total. The van der Waals surface area contributed by atoms with Crippen molar-refractivity contribution in [3.63, 3.8) is 0 Å². The second kappa shape index (κ2) is 10.2. The van der Waals surface area contributed by atoms with Crippen LogP contribution in [0.15, 0.2) is 0 Å². The predicted molar refractivity (Wildman–Crippen MR) is 69.2 cm³/mol. The Bertz CT molecular complexity index is 165. The lowest BCUT2D eigenvalue weighted by Crippen LogP contribution is -2.38. The van der Waals surface area contributed by atoms with Gasteiger partial charge < -0.3 is 15.4 Å². The van der Waals surface area contributed by atoms with E-state index in [1.807, 2.05) is 6.92 Å². The van der Waals surface area contributed by atoms with Crippen molar-refractivity contribution in [3.05, 3.63) is 0 Å². The van der Waals surface area contributed by atoms with E-state index in [1.165, 1.54) is 6.42 Å². The molecule has 0 radical (unpaired) electrons. The molecule has 1 atom stereocenters. The first-order chi connectivity index (χ1) is 7.20. The van der Waals surface area contributed by atoms with Crippen LogP contribution in [0.5, 0.6) is 0 Å². The Hall–Kier alpha value is -0.350. The summed E-state index contributed by atoms with van der Waals surface area (Å²) in [5, 5.41) is 7.12. The standard InChI is InChI=1S/C11H24N2OS/c1-4-10(3)9-13-11(15)12-7-6-8-14-5-2/h10H,4-9H2,1-3H3,(H2,12,13,15). The molecule has 0 aromatic carbocycles. The van der Waals surface area contributed by atoms with Crippen molar-refractivity contribution in [1.29, 1.82) is 0 Å². The summed E-state index contributed by atoms with van der Waals surface area (Å²) in [5.41, 5.74) is 0. The molecule has 0 bridgehead atoms. The van der Waals surface area contributed by atoms with E-state index in [9.17, 15) is 0 Å². The lowest BCUT2D eigenvalue weighted by atomic mass is 10.1. The first-order valence-corrected chi connectivity index (χ1v) is 6.20. The third-order valence-electron chi connectivity index (χ3n) is 2.26. The maximum atomic E-state index is 5.23. The molecule has 1 unspecified atom stereocenters. The summed E-state index contributed by atoms with van der Waals surface area (Å²) in [5.74, 6) is 0.674. The van der Waals surface area contributed by atoms with E-state index in [1.54, 1.807) is 0 Å². The normalized spacial score (nSPS) is 12.2. The number of hydrogen-bond acceptors (Lipinski definition) is 2. The summed E-state index contributed by atoms with van der Waals surface area (Å²) in [6.07, 6.45) is 2.18. The van der Waals surface area contributed by atoms with Gasteiger partial charge in [0, 0.05) is 26.3 Å². The minimum Gasteiger partial charge on any atom is -0.382 e. The maximum absolute atomic E-state index is 5.23. The molecule has 0 heterocycles. The van der Waals surface area contributed by atoms with E-state index in [-0.39, 0.29) is 0 Å². The van der Waals surface area contributed by atoms with E-state index in [0.29, 0.717) is 5.92 Å². The fourth-order valence-corrected chi connectivity index (χ4v) is 1.18. The van der Waals surface area contributed by atoms with Gasteiger partial charge in [-0.05, 0) is 31.5 Å². The Balaban J connectivity index is 3.26. The maximum Gasteiger partial charge on any atom is 0.166 e. The van der Waals surface area contributed by atoms with Gasteiger partial charge in [-0.3, -0.25) is 0 Å². The number of hydrogen-bond donors (Lipinski definition) is 2. The van der Waals surface area contributed by atoms with Crippen LogP contribution in [0, 0.1) is 5.92 Å². The molecule has 15 heavy (non-hydrogen) atoms. The summed E-state index contributed by atoms with van der Waals surface area (Å²) in [7, 11) is 0. The molecule has 0 saturated heterocycles. The van der Waals surface area contributed by atoms with Crippen LogP contribution in [0.25, 0.3) is 0 Å². The average molecular weight is 232 g/mol. The van der Waals surface area contributed by atoms with Gasteiger partial charge in [0.15, 0.2) is 5.11 Å². The van der Waals surface area contributed by atoms with Gasteiger partial charge in [0.1, 0.15) is 0 Å². The summed E-state index contributed by atoms with van der Waals surface area (Å²) in [6, 6.07) is 0. The number of rotatable bonds is 8. The van der Waals surface area contributed by atoms with Crippen LogP contribution >= 0.6 is 12.2 Å². The molecule has 4 heteroatoms. The monoisotopic (exact) mass is 232 g/mol. The zero-order chi connectivity index (χ0) is 11.5. The van der Waals surface area contributed by atoms with Gasteiger partial charge in [-0.2, -0.15) is 0 Å². The second-order valence-corrected chi connectivity index (χ2v) is 4.11. The lowest BCUT2D eigenvalue weighted by molar-refractivity contribution is 0.145. The summed E-state index contributed by atoms with van der Waals surface area (Å²) < 4.78 is 5.23. The lowest BCUT2D eigenvalue weighted by Gasteiger charge is -2.13. The molecule has 2 N–H and O–H groups in total. The van der Waals surface area contributed by atoms with Crippen LogP contribution in [-0.2, 0) is 4.74 Å².